The predicted molar refractivity (Wildman–Crippen MR) is 45.3 cm³/mol. The third kappa shape index (κ3) is 1.10. The van der Waals surface area contributed by atoms with Crippen molar-refractivity contribution in [2.24, 2.45) is 0 Å². The molecule has 0 radical (unpaired) electrons. The summed E-state index contributed by atoms with van der Waals surface area (Å²) in [5, 5.41) is 0.356. The van der Waals surface area contributed by atoms with Gasteiger partial charge in [-0.25, -0.2) is 4.79 Å². The summed E-state index contributed by atoms with van der Waals surface area (Å²) in [6.07, 6.45) is 0.656. The van der Waals surface area contributed by atoms with Gasteiger partial charge in [0.05, 0.1) is 18.3 Å². The van der Waals surface area contributed by atoms with Gasteiger partial charge in [0.2, 0.25) is 5.91 Å². The average Bonchev–Trinajstić information content (AvgIpc) is 2.07. The van der Waals surface area contributed by atoms with Gasteiger partial charge >= 0.3 is 0 Å². The highest BCUT2D eigenvalue weighted by Crippen LogP contribution is 2.35. The lowest BCUT2D eigenvalue weighted by Crippen LogP contribution is -2.53. The monoisotopic (exact) mass is 181 g/mol. The van der Waals surface area contributed by atoms with E-state index in [0.29, 0.717) is 18.3 Å². The van der Waals surface area contributed by atoms with Crippen LogP contribution < -0.4 is 0 Å². The van der Waals surface area contributed by atoms with Gasteiger partial charge in [-0.2, -0.15) is 0 Å². The Hall–Kier alpha value is -0.950. The van der Waals surface area contributed by atoms with Crippen molar-refractivity contribution in [3.8, 4) is 0 Å². The van der Waals surface area contributed by atoms with Crippen LogP contribution in [0.1, 0.15) is 6.42 Å². The van der Waals surface area contributed by atoms with Crippen LogP contribution in [-0.4, -0.2) is 34.4 Å². The van der Waals surface area contributed by atoms with Crippen LogP contribution in [0.4, 0.5) is 0 Å². The molecule has 0 aromatic heterocycles. The van der Waals surface area contributed by atoms with Crippen molar-refractivity contribution in [3.63, 3.8) is 0 Å². The van der Waals surface area contributed by atoms with Gasteiger partial charge in [0.1, 0.15) is 0 Å². The summed E-state index contributed by atoms with van der Waals surface area (Å²) in [5.41, 5.74) is 3.36. The number of thioether (sulfide) groups is 1. The summed E-state index contributed by atoms with van der Waals surface area (Å²) < 4.78 is 0. The zero-order chi connectivity index (χ0) is 8.55. The highest BCUT2D eigenvalue weighted by atomic mass is 32.2. The maximum absolute atomic E-state index is 11.0. The molecule has 2 heterocycles. The fourth-order valence-corrected chi connectivity index (χ4v) is 2.55. The second kappa shape index (κ2) is 2.83. The molecule has 0 spiro atoms. The van der Waals surface area contributed by atoms with E-state index in [1.807, 2.05) is 0 Å². The van der Waals surface area contributed by atoms with Crippen LogP contribution in [0.15, 0.2) is 11.3 Å². The smallest absolute Gasteiger partial charge is 0.226 e. The first-order chi connectivity index (χ1) is 5.81. The van der Waals surface area contributed by atoms with E-state index >= 15 is 0 Å². The van der Waals surface area contributed by atoms with Crippen LogP contribution in [0.3, 0.4) is 0 Å². The third-order valence-electron chi connectivity index (χ3n) is 2.06. The van der Waals surface area contributed by atoms with Gasteiger partial charge in [-0.15, -0.1) is 11.8 Å². The molecule has 12 heavy (non-hydrogen) atoms. The Morgan fingerprint density at radius 1 is 1.58 bits per heavy atom. The zero-order valence-corrected chi connectivity index (χ0v) is 7.19. The number of amides is 1. The number of hydrogen-bond donors (Lipinski definition) is 0. The van der Waals surface area contributed by atoms with E-state index in [1.165, 1.54) is 0 Å². The van der Waals surface area contributed by atoms with E-state index in [-0.39, 0.29) is 5.91 Å². The molecule has 3 nitrogen and oxygen atoms in total. The highest BCUT2D eigenvalue weighted by Gasteiger charge is 2.39. The number of rotatable bonds is 0. The van der Waals surface area contributed by atoms with Gasteiger partial charge < -0.3 is 4.90 Å². The molecule has 0 unspecified atom stereocenters. The van der Waals surface area contributed by atoms with Crippen LogP contribution in [0, 0.1) is 0 Å². The lowest BCUT2D eigenvalue weighted by atomic mass is 10.1. The number of carbonyl (C=O) groups excluding carboxylic acids is 2. The van der Waals surface area contributed by atoms with Crippen LogP contribution in [0.5, 0.6) is 0 Å². The van der Waals surface area contributed by atoms with Gasteiger partial charge in [0.15, 0.2) is 5.94 Å². The molecular formula is C8H7NO2S. The van der Waals surface area contributed by atoms with Gasteiger partial charge in [-0.05, 0) is 5.73 Å². The third-order valence-corrected chi connectivity index (χ3v) is 3.38. The molecule has 4 heteroatoms. The zero-order valence-electron chi connectivity index (χ0n) is 6.37. The molecule has 1 atom stereocenters. The Bertz CT molecular complexity index is 313. The van der Waals surface area contributed by atoms with Crippen molar-refractivity contribution in [1.82, 2.24) is 4.90 Å². The fraction of sp³-hybridized carbons (Fsp3) is 0.500. The van der Waals surface area contributed by atoms with E-state index < -0.39 is 0 Å². The molecule has 1 amide bonds. The molecule has 0 aliphatic carbocycles. The molecule has 2 aliphatic rings. The normalized spacial score (nSPS) is 27.0. The minimum absolute atomic E-state index is 0.178. The van der Waals surface area contributed by atoms with Gasteiger partial charge in [0.25, 0.3) is 0 Å². The van der Waals surface area contributed by atoms with E-state index in [9.17, 15) is 9.59 Å². The summed E-state index contributed by atoms with van der Waals surface area (Å²) in [6.45, 7) is 0.575. The molecule has 2 fully saturated rings. The minimum Gasteiger partial charge on any atom is -0.325 e. The van der Waals surface area contributed by atoms with Crippen molar-refractivity contribution >= 4 is 23.6 Å². The van der Waals surface area contributed by atoms with Crippen LogP contribution in [-0.2, 0) is 9.59 Å². The summed E-state index contributed by atoms with van der Waals surface area (Å²) in [6, 6.07) is 0. The molecule has 0 bridgehead atoms. The first-order valence-electron chi connectivity index (χ1n) is 3.70. The Morgan fingerprint density at radius 2 is 2.42 bits per heavy atom. The summed E-state index contributed by atoms with van der Waals surface area (Å²) >= 11 is 1.69. The molecule has 0 aromatic carbocycles. The Morgan fingerprint density at radius 3 is 3.08 bits per heavy atom. The standard InChI is InChI=1S/C8H7NO2S/c10-2-1-6-4-9-7(11)3-8(9)12-5-6/h8H,3-5H2/t8-/m1/s1. The van der Waals surface area contributed by atoms with Crippen LogP contribution >= 0.6 is 11.8 Å². The Kier molecular flexibility index (Phi) is 1.81. The van der Waals surface area contributed by atoms with E-state index in [1.54, 1.807) is 22.6 Å². The quantitative estimate of drug-likeness (QED) is 0.304. The lowest BCUT2D eigenvalue weighted by Gasteiger charge is -2.43. The van der Waals surface area contributed by atoms with Gasteiger partial charge in [0, 0.05) is 11.3 Å². The van der Waals surface area contributed by atoms with Crippen LogP contribution in [0.25, 0.3) is 0 Å². The largest absolute Gasteiger partial charge is 0.325 e. The molecule has 0 N–H and O–H groups in total. The van der Waals surface area contributed by atoms with Crippen molar-refractivity contribution < 1.29 is 9.59 Å². The number of nitrogens with zero attached hydrogens (tertiary/aromatic N) is 1. The number of β-lactam (4-membered cyclic amide) rings is 1. The number of hydrogen-bond acceptors (Lipinski definition) is 3. The fourth-order valence-electron chi connectivity index (χ4n) is 1.36. The summed E-state index contributed by atoms with van der Waals surface area (Å²) in [7, 11) is 0. The topological polar surface area (TPSA) is 37.4 Å². The SMILES string of the molecule is O=C=C=C1CS[C@@H]2CC(=O)N2C1. The minimum atomic E-state index is 0.178. The molecule has 2 aliphatic heterocycles. The highest BCUT2D eigenvalue weighted by molar-refractivity contribution is 8.00. The maximum Gasteiger partial charge on any atom is 0.226 e. The van der Waals surface area contributed by atoms with E-state index in [0.717, 1.165) is 11.3 Å². The van der Waals surface area contributed by atoms with Crippen molar-refractivity contribution in [3.05, 3.63) is 11.3 Å². The summed E-state index contributed by atoms with van der Waals surface area (Å²) in [5.74, 6) is 2.61. The second-order valence-corrected chi connectivity index (χ2v) is 3.99. The van der Waals surface area contributed by atoms with Gasteiger partial charge in [-0.3, -0.25) is 4.79 Å². The molecule has 62 valence electrons. The Labute approximate surface area is 74.1 Å². The van der Waals surface area contributed by atoms with Crippen molar-refractivity contribution in [2.75, 3.05) is 12.3 Å². The Balaban J connectivity index is 2.14. The number of fused-ring (bicyclic) bond motifs is 1. The second-order valence-electron chi connectivity index (χ2n) is 2.82. The molecule has 0 saturated carbocycles. The lowest BCUT2D eigenvalue weighted by molar-refractivity contribution is -0.141. The molecule has 2 saturated heterocycles. The number of carbonyl (C=O) groups is 1. The molecule has 2 rings (SSSR count). The van der Waals surface area contributed by atoms with E-state index in [4.69, 9.17) is 0 Å². The molecular weight excluding hydrogens is 174 g/mol. The van der Waals surface area contributed by atoms with E-state index in [2.05, 4.69) is 5.73 Å². The van der Waals surface area contributed by atoms with Gasteiger partial charge in [-0.1, -0.05) is 0 Å². The van der Waals surface area contributed by atoms with Crippen LogP contribution in [0.2, 0.25) is 0 Å². The van der Waals surface area contributed by atoms with Crippen molar-refractivity contribution in [1.29, 1.82) is 0 Å². The molecule has 0 aromatic rings. The predicted octanol–water partition coefficient (Wildman–Crippen LogP) is 0.205. The maximum atomic E-state index is 11.0. The first kappa shape index (κ1) is 7.69. The van der Waals surface area contributed by atoms with Crippen molar-refractivity contribution in [2.45, 2.75) is 11.8 Å². The summed E-state index contributed by atoms with van der Waals surface area (Å²) in [4.78, 5) is 22.8. The average molecular weight is 181 g/mol. The first-order valence-corrected chi connectivity index (χ1v) is 4.75.